The smallest absolute Gasteiger partial charge is 0.274 e. The second kappa shape index (κ2) is 6.80. The van der Waals surface area contributed by atoms with Crippen LogP contribution in [0, 0.1) is 0 Å². The number of halogens is 1. The minimum atomic E-state index is -0.394. The molecule has 1 amide bonds. The number of carbonyl (C=O) groups is 1. The lowest BCUT2D eigenvalue weighted by atomic mass is 10.3. The predicted molar refractivity (Wildman–Crippen MR) is 83.5 cm³/mol. The van der Waals surface area contributed by atoms with E-state index in [0.717, 1.165) is 0 Å². The number of pyridine rings is 2. The van der Waals surface area contributed by atoms with Crippen molar-refractivity contribution in [1.82, 2.24) is 19.9 Å². The number of nitrogens with one attached hydrogen (secondary N) is 1. The van der Waals surface area contributed by atoms with Crippen molar-refractivity contribution < 1.29 is 9.53 Å². The standard InChI is InChI=1S/C15H10ClN5O2/c16-14-3-1-2-13(21-14)15(22)20-10-4-11(6-17-5-10)23-12-7-18-9-19-8-12/h1-9H,(H,20,22). The van der Waals surface area contributed by atoms with Gasteiger partial charge in [-0.2, -0.15) is 0 Å². The Balaban J connectivity index is 1.74. The molecule has 1 N–H and O–H groups in total. The number of aromatic nitrogens is 4. The maximum absolute atomic E-state index is 12.1. The number of hydrogen-bond donors (Lipinski definition) is 1. The van der Waals surface area contributed by atoms with Crippen LogP contribution in [-0.4, -0.2) is 25.8 Å². The van der Waals surface area contributed by atoms with Gasteiger partial charge < -0.3 is 10.1 Å². The highest BCUT2D eigenvalue weighted by Crippen LogP contribution is 2.21. The first kappa shape index (κ1) is 14.9. The van der Waals surface area contributed by atoms with Crippen molar-refractivity contribution in [2.75, 3.05) is 5.32 Å². The Morgan fingerprint density at radius 2 is 1.83 bits per heavy atom. The van der Waals surface area contributed by atoms with Crippen molar-refractivity contribution in [1.29, 1.82) is 0 Å². The molecule has 0 atom stereocenters. The van der Waals surface area contributed by atoms with E-state index >= 15 is 0 Å². The van der Waals surface area contributed by atoms with E-state index in [0.29, 0.717) is 17.2 Å². The molecule has 3 heterocycles. The summed E-state index contributed by atoms with van der Waals surface area (Å²) in [6.07, 6.45) is 7.46. The molecule has 0 aliphatic carbocycles. The molecule has 3 rings (SSSR count). The van der Waals surface area contributed by atoms with Gasteiger partial charge in [-0.3, -0.25) is 9.78 Å². The van der Waals surface area contributed by atoms with Crippen LogP contribution in [0.1, 0.15) is 10.5 Å². The van der Waals surface area contributed by atoms with Crippen LogP contribution < -0.4 is 10.1 Å². The Morgan fingerprint density at radius 1 is 1.04 bits per heavy atom. The van der Waals surface area contributed by atoms with E-state index in [9.17, 15) is 4.79 Å². The van der Waals surface area contributed by atoms with E-state index in [2.05, 4.69) is 25.3 Å². The second-order valence-electron chi connectivity index (χ2n) is 4.39. The molecule has 3 aromatic rings. The van der Waals surface area contributed by atoms with Crippen LogP contribution in [0.4, 0.5) is 5.69 Å². The molecule has 7 nitrogen and oxygen atoms in total. The highest BCUT2D eigenvalue weighted by Gasteiger charge is 2.09. The van der Waals surface area contributed by atoms with Crippen molar-refractivity contribution in [2.45, 2.75) is 0 Å². The Bertz CT molecular complexity index is 829. The summed E-state index contributed by atoms with van der Waals surface area (Å²) in [5.74, 6) is 0.514. The van der Waals surface area contributed by atoms with Gasteiger partial charge in [0.15, 0.2) is 5.75 Å². The lowest BCUT2D eigenvalue weighted by Crippen LogP contribution is -2.13. The number of ether oxygens (including phenoxy) is 1. The summed E-state index contributed by atoms with van der Waals surface area (Å²) in [7, 11) is 0. The first-order valence-corrected chi connectivity index (χ1v) is 6.90. The van der Waals surface area contributed by atoms with E-state index in [1.165, 1.54) is 31.1 Å². The maximum atomic E-state index is 12.1. The van der Waals surface area contributed by atoms with Crippen LogP contribution in [-0.2, 0) is 0 Å². The Kier molecular flexibility index (Phi) is 4.39. The molecule has 3 aromatic heterocycles. The lowest BCUT2D eigenvalue weighted by molar-refractivity contribution is 0.102. The summed E-state index contributed by atoms with van der Waals surface area (Å²) in [5.41, 5.74) is 0.673. The van der Waals surface area contributed by atoms with Crippen LogP contribution in [0.2, 0.25) is 5.15 Å². The molecule has 0 unspecified atom stereocenters. The molecule has 0 bridgehead atoms. The van der Waals surface area contributed by atoms with Gasteiger partial charge in [-0.1, -0.05) is 17.7 Å². The molecular formula is C15H10ClN5O2. The summed E-state index contributed by atoms with van der Waals surface area (Å²) >= 11 is 5.77. The molecule has 0 aliphatic rings. The molecule has 0 aromatic carbocycles. The van der Waals surface area contributed by atoms with E-state index < -0.39 is 5.91 Å². The molecule has 0 saturated carbocycles. The van der Waals surface area contributed by atoms with Gasteiger partial charge in [-0.05, 0) is 12.1 Å². The monoisotopic (exact) mass is 327 g/mol. The van der Waals surface area contributed by atoms with Crippen LogP contribution in [0.25, 0.3) is 0 Å². The van der Waals surface area contributed by atoms with Gasteiger partial charge in [-0.15, -0.1) is 0 Å². The van der Waals surface area contributed by atoms with Crippen LogP contribution in [0.15, 0.2) is 55.4 Å². The number of rotatable bonds is 4. The molecular weight excluding hydrogens is 318 g/mol. The minimum Gasteiger partial charge on any atom is -0.452 e. The predicted octanol–water partition coefficient (Wildman–Crippen LogP) is 2.96. The SMILES string of the molecule is O=C(Nc1cncc(Oc2cncnc2)c1)c1cccc(Cl)n1. The highest BCUT2D eigenvalue weighted by molar-refractivity contribution is 6.29. The van der Waals surface area contributed by atoms with Gasteiger partial charge in [0.2, 0.25) is 0 Å². The third-order valence-corrected chi connectivity index (χ3v) is 2.90. The third-order valence-electron chi connectivity index (χ3n) is 2.69. The number of anilines is 1. The van der Waals surface area contributed by atoms with Gasteiger partial charge in [0.1, 0.15) is 22.9 Å². The fourth-order valence-electron chi connectivity index (χ4n) is 1.75. The van der Waals surface area contributed by atoms with E-state index in [1.807, 2.05) is 0 Å². The normalized spacial score (nSPS) is 10.1. The van der Waals surface area contributed by atoms with Gasteiger partial charge in [0, 0.05) is 6.07 Å². The second-order valence-corrected chi connectivity index (χ2v) is 4.77. The van der Waals surface area contributed by atoms with Crippen molar-refractivity contribution in [3.05, 3.63) is 66.2 Å². The van der Waals surface area contributed by atoms with Gasteiger partial charge >= 0.3 is 0 Å². The zero-order valence-electron chi connectivity index (χ0n) is 11.7. The fourth-order valence-corrected chi connectivity index (χ4v) is 1.91. The first-order chi connectivity index (χ1) is 11.2. The topological polar surface area (TPSA) is 89.9 Å². The average Bonchev–Trinajstić information content (AvgIpc) is 2.56. The number of hydrogen-bond acceptors (Lipinski definition) is 6. The number of amides is 1. The molecule has 8 heteroatoms. The van der Waals surface area contributed by atoms with Gasteiger partial charge in [0.25, 0.3) is 5.91 Å². The highest BCUT2D eigenvalue weighted by atomic mass is 35.5. The average molecular weight is 328 g/mol. The van der Waals surface area contributed by atoms with E-state index in [4.69, 9.17) is 16.3 Å². The van der Waals surface area contributed by atoms with Crippen molar-refractivity contribution >= 4 is 23.2 Å². The third kappa shape index (κ3) is 3.98. The summed E-state index contributed by atoms with van der Waals surface area (Å²) in [4.78, 5) is 27.8. The lowest BCUT2D eigenvalue weighted by Gasteiger charge is -2.07. The van der Waals surface area contributed by atoms with Gasteiger partial charge in [-0.25, -0.2) is 15.0 Å². The Labute approximate surface area is 136 Å². The van der Waals surface area contributed by atoms with E-state index in [-0.39, 0.29) is 10.8 Å². The molecule has 114 valence electrons. The summed E-state index contributed by atoms with van der Waals surface area (Å²) in [5, 5.41) is 2.92. The fraction of sp³-hybridized carbons (Fsp3) is 0. The van der Waals surface area contributed by atoms with Gasteiger partial charge in [0.05, 0.1) is 30.5 Å². The van der Waals surface area contributed by atoms with Crippen LogP contribution >= 0.6 is 11.6 Å². The zero-order chi connectivity index (χ0) is 16.1. The molecule has 0 spiro atoms. The zero-order valence-corrected chi connectivity index (χ0v) is 12.4. The molecule has 23 heavy (non-hydrogen) atoms. The minimum absolute atomic E-state index is 0.209. The largest absolute Gasteiger partial charge is 0.452 e. The molecule has 0 saturated heterocycles. The summed E-state index contributed by atoms with van der Waals surface area (Å²) < 4.78 is 5.55. The van der Waals surface area contributed by atoms with Crippen LogP contribution in [0.5, 0.6) is 11.5 Å². The number of nitrogens with zero attached hydrogens (tertiary/aromatic N) is 4. The molecule has 0 fully saturated rings. The molecule has 0 radical (unpaired) electrons. The quantitative estimate of drug-likeness (QED) is 0.741. The number of carbonyl (C=O) groups excluding carboxylic acids is 1. The van der Waals surface area contributed by atoms with Crippen molar-refractivity contribution in [3.8, 4) is 11.5 Å². The van der Waals surface area contributed by atoms with Crippen LogP contribution in [0.3, 0.4) is 0 Å². The molecule has 0 aliphatic heterocycles. The van der Waals surface area contributed by atoms with Crippen molar-refractivity contribution in [2.24, 2.45) is 0 Å². The Morgan fingerprint density at radius 3 is 2.61 bits per heavy atom. The van der Waals surface area contributed by atoms with E-state index in [1.54, 1.807) is 24.3 Å². The summed E-state index contributed by atoms with van der Waals surface area (Å²) in [6.45, 7) is 0. The summed E-state index contributed by atoms with van der Waals surface area (Å²) in [6, 6.07) is 6.44. The Hall–Kier alpha value is -3.06. The first-order valence-electron chi connectivity index (χ1n) is 6.52. The maximum Gasteiger partial charge on any atom is 0.274 e. The van der Waals surface area contributed by atoms with Crippen molar-refractivity contribution in [3.63, 3.8) is 0 Å².